The van der Waals surface area contributed by atoms with Gasteiger partial charge in [-0.1, -0.05) is 39.5 Å². The number of carboxylic acids is 1. The van der Waals surface area contributed by atoms with Crippen LogP contribution in [0.25, 0.3) is 0 Å². The summed E-state index contributed by atoms with van der Waals surface area (Å²) in [6, 6.07) is -0.336. The molecule has 21 heavy (non-hydrogen) atoms. The third-order valence-electron chi connectivity index (χ3n) is 3.16. The van der Waals surface area contributed by atoms with Crippen LogP contribution in [-0.2, 0) is 9.53 Å². The number of hydrogen-bond donors (Lipinski definition) is 2. The van der Waals surface area contributed by atoms with Gasteiger partial charge < -0.3 is 20.1 Å². The van der Waals surface area contributed by atoms with E-state index in [0.29, 0.717) is 13.2 Å². The van der Waals surface area contributed by atoms with Crippen molar-refractivity contribution >= 4 is 12.0 Å². The maximum Gasteiger partial charge on any atom is 0.323 e. The largest absolute Gasteiger partial charge is 0.480 e. The molecular weight excluding hydrogens is 272 g/mol. The lowest BCUT2D eigenvalue weighted by Crippen LogP contribution is -2.44. The van der Waals surface area contributed by atoms with Gasteiger partial charge in [-0.15, -0.1) is 0 Å². The second-order valence-electron chi connectivity index (χ2n) is 5.64. The van der Waals surface area contributed by atoms with E-state index in [1.165, 1.54) is 31.3 Å². The van der Waals surface area contributed by atoms with Gasteiger partial charge in [0.2, 0.25) is 0 Å². The number of methoxy groups -OCH3 is 1. The number of carboxylic acid groups (broad SMARTS) is 1. The van der Waals surface area contributed by atoms with Crippen LogP contribution >= 0.6 is 0 Å². The van der Waals surface area contributed by atoms with Crippen LogP contribution in [0.2, 0.25) is 0 Å². The monoisotopic (exact) mass is 302 g/mol. The third kappa shape index (κ3) is 12.2. The van der Waals surface area contributed by atoms with E-state index in [-0.39, 0.29) is 19.1 Å². The van der Waals surface area contributed by atoms with Gasteiger partial charge in [0.25, 0.3) is 0 Å². The first-order chi connectivity index (χ1) is 9.97. The van der Waals surface area contributed by atoms with Gasteiger partial charge in [-0.25, -0.2) is 4.79 Å². The molecule has 2 amide bonds. The minimum absolute atomic E-state index is 0.281. The van der Waals surface area contributed by atoms with Crippen LogP contribution in [0.4, 0.5) is 4.79 Å². The van der Waals surface area contributed by atoms with Crippen molar-refractivity contribution in [2.24, 2.45) is 5.92 Å². The van der Waals surface area contributed by atoms with Crippen molar-refractivity contribution < 1.29 is 19.4 Å². The van der Waals surface area contributed by atoms with Crippen LogP contribution in [0.3, 0.4) is 0 Å². The smallest absolute Gasteiger partial charge is 0.323 e. The second-order valence-corrected chi connectivity index (χ2v) is 5.64. The normalized spacial score (nSPS) is 10.7. The van der Waals surface area contributed by atoms with Crippen molar-refractivity contribution in [3.8, 4) is 0 Å². The van der Waals surface area contributed by atoms with Gasteiger partial charge in [0.05, 0.1) is 6.61 Å². The summed E-state index contributed by atoms with van der Waals surface area (Å²) in [6.45, 7) is 5.33. The number of nitrogens with zero attached hydrogens (tertiary/aromatic N) is 1. The number of hydrogen-bond acceptors (Lipinski definition) is 3. The Hall–Kier alpha value is -1.30. The van der Waals surface area contributed by atoms with Gasteiger partial charge >= 0.3 is 12.0 Å². The summed E-state index contributed by atoms with van der Waals surface area (Å²) in [7, 11) is 1.52. The highest BCUT2D eigenvalue weighted by atomic mass is 16.5. The summed E-state index contributed by atoms with van der Waals surface area (Å²) in [6.07, 6.45) is 5.66. The lowest BCUT2D eigenvalue weighted by Gasteiger charge is -2.20. The molecular formula is C15H30N2O4. The zero-order chi connectivity index (χ0) is 16.1. The number of ether oxygens (including phenoxy) is 1. The number of rotatable bonds is 12. The Balaban J connectivity index is 3.78. The Morgan fingerprint density at radius 2 is 1.86 bits per heavy atom. The molecule has 0 saturated heterocycles. The Morgan fingerprint density at radius 3 is 2.43 bits per heavy atom. The van der Waals surface area contributed by atoms with E-state index in [1.54, 1.807) is 0 Å². The molecule has 0 heterocycles. The molecule has 0 bridgehead atoms. The number of urea groups is 1. The molecule has 0 aliphatic heterocycles. The molecule has 0 aromatic carbocycles. The van der Waals surface area contributed by atoms with E-state index in [4.69, 9.17) is 9.84 Å². The Bertz CT molecular complexity index is 295. The molecule has 0 fully saturated rings. The molecule has 0 rings (SSSR count). The number of aliphatic carboxylic acids is 1. The lowest BCUT2D eigenvalue weighted by molar-refractivity contribution is -0.137. The first-order valence-corrected chi connectivity index (χ1v) is 7.70. The molecule has 124 valence electrons. The zero-order valence-corrected chi connectivity index (χ0v) is 13.6. The number of nitrogens with one attached hydrogen (secondary N) is 1. The van der Waals surface area contributed by atoms with Gasteiger partial charge in [-0.05, 0) is 12.3 Å². The van der Waals surface area contributed by atoms with Crippen LogP contribution in [0.5, 0.6) is 0 Å². The zero-order valence-electron chi connectivity index (χ0n) is 13.6. The number of carbonyl (C=O) groups is 2. The summed E-state index contributed by atoms with van der Waals surface area (Å²) in [5.74, 6) is -0.273. The molecule has 2 N–H and O–H groups in total. The Kier molecular flexibility index (Phi) is 11.7. The molecule has 0 atom stereocenters. The fraction of sp³-hybridized carbons (Fsp3) is 0.867. The van der Waals surface area contributed by atoms with E-state index in [2.05, 4.69) is 19.2 Å². The van der Waals surface area contributed by atoms with Crippen LogP contribution in [0.15, 0.2) is 0 Å². The highest BCUT2D eigenvalue weighted by Gasteiger charge is 2.15. The fourth-order valence-electron chi connectivity index (χ4n) is 1.96. The van der Waals surface area contributed by atoms with Crippen LogP contribution < -0.4 is 5.32 Å². The standard InChI is InChI=1S/C15H30N2O4/c1-13(2)8-6-4-5-7-9-16-15(20)17(10-11-21-3)12-14(18)19/h13H,4-12H2,1-3H3,(H,16,20)(H,18,19). The number of carbonyl (C=O) groups excluding carboxylic acids is 1. The van der Waals surface area contributed by atoms with Crippen LogP contribution in [0.1, 0.15) is 46.0 Å². The third-order valence-corrected chi connectivity index (χ3v) is 3.16. The van der Waals surface area contributed by atoms with Crippen molar-refractivity contribution in [2.45, 2.75) is 46.0 Å². The van der Waals surface area contributed by atoms with Crippen molar-refractivity contribution in [2.75, 3.05) is 33.4 Å². The molecule has 0 unspecified atom stereocenters. The molecule has 6 nitrogen and oxygen atoms in total. The van der Waals surface area contributed by atoms with Gasteiger partial charge in [0.1, 0.15) is 6.54 Å². The predicted molar refractivity (Wildman–Crippen MR) is 82.4 cm³/mol. The topological polar surface area (TPSA) is 78.9 Å². The summed E-state index contributed by atoms with van der Waals surface area (Å²) in [5.41, 5.74) is 0. The van der Waals surface area contributed by atoms with Gasteiger partial charge in [0, 0.05) is 20.2 Å². The molecule has 0 aromatic rings. The minimum atomic E-state index is -1.02. The van der Waals surface area contributed by atoms with Crippen molar-refractivity contribution in [3.63, 3.8) is 0 Å². The van der Waals surface area contributed by atoms with Crippen molar-refractivity contribution in [1.82, 2.24) is 10.2 Å². The van der Waals surface area contributed by atoms with E-state index >= 15 is 0 Å². The van der Waals surface area contributed by atoms with E-state index < -0.39 is 5.97 Å². The quantitative estimate of drug-likeness (QED) is 0.542. The molecule has 0 saturated carbocycles. The summed E-state index contributed by atoms with van der Waals surface area (Å²) in [4.78, 5) is 23.8. The second kappa shape index (κ2) is 12.4. The first-order valence-electron chi connectivity index (χ1n) is 7.70. The van der Waals surface area contributed by atoms with E-state index in [9.17, 15) is 9.59 Å². The molecule has 0 aromatic heterocycles. The van der Waals surface area contributed by atoms with E-state index in [1.807, 2.05) is 0 Å². The molecule has 0 aliphatic rings. The molecule has 6 heteroatoms. The predicted octanol–water partition coefficient (Wildman–Crippen LogP) is 2.34. The summed E-state index contributed by atoms with van der Waals surface area (Å²) in [5, 5.41) is 11.5. The maximum absolute atomic E-state index is 11.9. The highest BCUT2D eigenvalue weighted by Crippen LogP contribution is 2.08. The molecule has 0 spiro atoms. The maximum atomic E-state index is 11.9. The van der Waals surface area contributed by atoms with Crippen molar-refractivity contribution in [1.29, 1.82) is 0 Å². The van der Waals surface area contributed by atoms with Crippen LogP contribution in [-0.4, -0.2) is 55.4 Å². The van der Waals surface area contributed by atoms with Gasteiger partial charge in [0.15, 0.2) is 0 Å². The lowest BCUT2D eigenvalue weighted by atomic mass is 10.0. The van der Waals surface area contributed by atoms with Crippen molar-refractivity contribution in [3.05, 3.63) is 0 Å². The average Bonchev–Trinajstić information content (AvgIpc) is 2.41. The first kappa shape index (κ1) is 19.7. The Labute approximate surface area is 127 Å². The fourth-order valence-corrected chi connectivity index (χ4v) is 1.96. The summed E-state index contributed by atoms with van der Waals surface area (Å²) < 4.78 is 4.88. The average molecular weight is 302 g/mol. The number of amides is 2. The Morgan fingerprint density at radius 1 is 1.19 bits per heavy atom. The molecule has 0 radical (unpaired) electrons. The number of unbranched alkanes of at least 4 members (excludes halogenated alkanes) is 3. The van der Waals surface area contributed by atoms with Crippen LogP contribution in [0, 0.1) is 5.92 Å². The SMILES string of the molecule is COCCN(CC(=O)O)C(=O)NCCCCCCC(C)C. The highest BCUT2D eigenvalue weighted by molar-refractivity contribution is 5.80. The van der Waals surface area contributed by atoms with E-state index in [0.717, 1.165) is 18.8 Å². The minimum Gasteiger partial charge on any atom is -0.480 e. The van der Waals surface area contributed by atoms with Gasteiger partial charge in [-0.3, -0.25) is 4.79 Å². The summed E-state index contributed by atoms with van der Waals surface area (Å²) >= 11 is 0. The molecule has 0 aliphatic carbocycles. The van der Waals surface area contributed by atoms with Gasteiger partial charge in [-0.2, -0.15) is 0 Å².